The van der Waals surface area contributed by atoms with E-state index in [1.165, 1.54) is 23.9 Å². The van der Waals surface area contributed by atoms with Gasteiger partial charge < -0.3 is 14.8 Å². The van der Waals surface area contributed by atoms with Crippen molar-refractivity contribution in [1.82, 2.24) is 5.32 Å². The van der Waals surface area contributed by atoms with Crippen molar-refractivity contribution < 1.29 is 18.7 Å². The Balaban J connectivity index is 1.52. The van der Waals surface area contributed by atoms with Gasteiger partial charge in [-0.05, 0) is 88.2 Å². The molecule has 0 bridgehead atoms. The molecule has 0 atom stereocenters. The van der Waals surface area contributed by atoms with Gasteiger partial charge in [-0.1, -0.05) is 29.8 Å². The number of methoxy groups -OCH3 is 1. The molecule has 168 valence electrons. The number of rotatable bonds is 6. The van der Waals surface area contributed by atoms with Crippen molar-refractivity contribution in [3.63, 3.8) is 0 Å². The van der Waals surface area contributed by atoms with Crippen LogP contribution in [0.25, 0.3) is 6.08 Å². The van der Waals surface area contributed by atoms with Gasteiger partial charge in [0.2, 0.25) is 0 Å². The normalized spacial score (nSPS) is 15.7. The zero-order valence-electron chi connectivity index (χ0n) is 17.9. The van der Waals surface area contributed by atoms with Crippen molar-refractivity contribution in [1.29, 1.82) is 0 Å². The molecule has 0 aromatic heterocycles. The van der Waals surface area contributed by atoms with Crippen LogP contribution in [0.4, 0.5) is 10.1 Å². The fourth-order valence-corrected chi connectivity index (χ4v) is 4.48. The Kier molecular flexibility index (Phi) is 7.15. The highest BCUT2D eigenvalue weighted by molar-refractivity contribution is 9.10. The summed E-state index contributed by atoms with van der Waals surface area (Å²) in [5, 5.41) is 3.32. The Morgan fingerprint density at radius 2 is 1.85 bits per heavy atom. The molecule has 1 saturated heterocycles. The quantitative estimate of drug-likeness (QED) is 0.378. The van der Waals surface area contributed by atoms with E-state index in [1.807, 2.05) is 37.3 Å². The molecule has 1 amide bonds. The maximum atomic E-state index is 13.1. The number of carbonyl (C=O) groups excluding carboxylic acids is 1. The van der Waals surface area contributed by atoms with Gasteiger partial charge in [0.25, 0.3) is 5.91 Å². The van der Waals surface area contributed by atoms with E-state index in [9.17, 15) is 9.18 Å². The van der Waals surface area contributed by atoms with Gasteiger partial charge in [-0.25, -0.2) is 9.38 Å². The molecule has 33 heavy (non-hydrogen) atoms. The third kappa shape index (κ3) is 5.83. The smallest absolute Gasteiger partial charge is 0.264 e. The zero-order chi connectivity index (χ0) is 23.4. The third-order valence-corrected chi connectivity index (χ3v) is 6.26. The average Bonchev–Trinajstić information content (AvgIpc) is 3.13. The van der Waals surface area contributed by atoms with E-state index in [4.69, 9.17) is 9.47 Å². The number of aliphatic imine (C=N–C) groups is 1. The summed E-state index contributed by atoms with van der Waals surface area (Å²) in [7, 11) is 1.55. The predicted octanol–water partition coefficient (Wildman–Crippen LogP) is 6.38. The Morgan fingerprint density at radius 1 is 1.12 bits per heavy atom. The van der Waals surface area contributed by atoms with Gasteiger partial charge in [-0.3, -0.25) is 4.79 Å². The summed E-state index contributed by atoms with van der Waals surface area (Å²) in [5.41, 5.74) is 3.52. The van der Waals surface area contributed by atoms with Crippen LogP contribution in [0.15, 0.2) is 75.0 Å². The molecule has 1 N–H and O–H groups in total. The summed E-state index contributed by atoms with van der Waals surface area (Å²) in [6.45, 7) is 2.27. The Labute approximate surface area is 203 Å². The van der Waals surface area contributed by atoms with Crippen molar-refractivity contribution >= 4 is 50.5 Å². The summed E-state index contributed by atoms with van der Waals surface area (Å²) in [6, 6.07) is 17.5. The fraction of sp³-hybridized carbons (Fsp3) is 0.120. The molecule has 1 heterocycles. The number of thioether (sulfide) groups is 1. The molecule has 1 fully saturated rings. The Morgan fingerprint density at radius 3 is 2.55 bits per heavy atom. The number of amides is 1. The summed E-state index contributed by atoms with van der Waals surface area (Å²) in [5.74, 6) is 0.526. The second kappa shape index (κ2) is 10.2. The molecule has 3 aromatic rings. The molecule has 1 aliphatic rings. The average molecular weight is 527 g/mol. The van der Waals surface area contributed by atoms with Crippen molar-refractivity contribution in [2.24, 2.45) is 4.99 Å². The van der Waals surface area contributed by atoms with E-state index < -0.39 is 0 Å². The van der Waals surface area contributed by atoms with Crippen LogP contribution >= 0.6 is 27.7 Å². The number of nitrogens with zero attached hydrogens (tertiary/aromatic N) is 1. The van der Waals surface area contributed by atoms with Crippen molar-refractivity contribution in [2.75, 3.05) is 7.11 Å². The van der Waals surface area contributed by atoms with E-state index in [1.54, 1.807) is 31.4 Å². The first-order valence-corrected chi connectivity index (χ1v) is 11.6. The third-order valence-electron chi connectivity index (χ3n) is 4.76. The van der Waals surface area contributed by atoms with Crippen molar-refractivity contribution in [2.45, 2.75) is 13.5 Å². The van der Waals surface area contributed by atoms with Gasteiger partial charge in [0.15, 0.2) is 16.7 Å². The topological polar surface area (TPSA) is 59.9 Å². The van der Waals surface area contributed by atoms with Crippen LogP contribution in [0.5, 0.6) is 11.5 Å². The van der Waals surface area contributed by atoms with Crippen LogP contribution in [-0.2, 0) is 11.4 Å². The minimum atomic E-state index is -0.296. The lowest BCUT2D eigenvalue weighted by atomic mass is 10.2. The lowest BCUT2D eigenvalue weighted by Gasteiger charge is -2.14. The van der Waals surface area contributed by atoms with Crippen molar-refractivity contribution in [3.05, 3.63) is 92.5 Å². The van der Waals surface area contributed by atoms with E-state index in [0.29, 0.717) is 26.0 Å². The van der Waals surface area contributed by atoms with Gasteiger partial charge in [0.05, 0.1) is 22.2 Å². The fourth-order valence-electron chi connectivity index (χ4n) is 3.07. The molecule has 5 nitrogen and oxygen atoms in total. The lowest BCUT2D eigenvalue weighted by Crippen LogP contribution is -2.19. The number of hydrogen-bond acceptors (Lipinski definition) is 5. The zero-order valence-corrected chi connectivity index (χ0v) is 20.3. The highest BCUT2D eigenvalue weighted by atomic mass is 79.9. The van der Waals surface area contributed by atoms with Gasteiger partial charge in [0.1, 0.15) is 12.4 Å². The monoisotopic (exact) mass is 526 g/mol. The molecule has 8 heteroatoms. The maximum Gasteiger partial charge on any atom is 0.264 e. The van der Waals surface area contributed by atoms with Crippen LogP contribution in [0, 0.1) is 12.7 Å². The lowest BCUT2D eigenvalue weighted by molar-refractivity contribution is -0.115. The number of ether oxygens (including phenoxy) is 2. The van der Waals surface area contributed by atoms with E-state index in [2.05, 4.69) is 26.2 Å². The van der Waals surface area contributed by atoms with Crippen LogP contribution in [-0.4, -0.2) is 18.2 Å². The highest BCUT2D eigenvalue weighted by Crippen LogP contribution is 2.38. The summed E-state index contributed by atoms with van der Waals surface area (Å²) >= 11 is 4.80. The molecule has 0 saturated carbocycles. The maximum absolute atomic E-state index is 13.1. The number of nitrogens with one attached hydrogen (secondary N) is 1. The largest absolute Gasteiger partial charge is 0.493 e. The number of hydrogen-bond donors (Lipinski definition) is 1. The first-order chi connectivity index (χ1) is 15.9. The minimum Gasteiger partial charge on any atom is -0.493 e. The Bertz CT molecular complexity index is 1240. The Hall–Kier alpha value is -3.10. The van der Waals surface area contributed by atoms with E-state index in [-0.39, 0.29) is 18.3 Å². The first-order valence-electron chi connectivity index (χ1n) is 10.0. The predicted molar refractivity (Wildman–Crippen MR) is 133 cm³/mol. The number of benzene rings is 3. The van der Waals surface area contributed by atoms with Crippen LogP contribution < -0.4 is 14.8 Å². The highest BCUT2D eigenvalue weighted by Gasteiger charge is 2.24. The molecule has 4 rings (SSSR count). The standard InChI is InChI=1S/C25H20BrFN2O3S/c1-15-3-9-19(10-4-15)28-25-29-24(30)22(33-25)13-17-11-20(26)23(21(12-17)31-2)32-14-16-5-7-18(27)8-6-16/h3-13H,14H2,1-2H3,(H,28,29,30)/b22-13-. The second-order valence-corrected chi connectivity index (χ2v) is 9.15. The minimum absolute atomic E-state index is 0.211. The molecule has 0 unspecified atom stereocenters. The summed E-state index contributed by atoms with van der Waals surface area (Å²) in [4.78, 5) is 17.5. The molecule has 0 spiro atoms. The van der Waals surface area contributed by atoms with Crippen LogP contribution in [0.2, 0.25) is 0 Å². The first kappa shape index (κ1) is 23.1. The van der Waals surface area contributed by atoms with Gasteiger partial charge in [-0.2, -0.15) is 0 Å². The molecule has 3 aromatic carbocycles. The summed E-state index contributed by atoms with van der Waals surface area (Å²) < 4.78 is 25.2. The molecular weight excluding hydrogens is 507 g/mol. The van der Waals surface area contributed by atoms with Gasteiger partial charge >= 0.3 is 0 Å². The number of aryl methyl sites for hydroxylation is 1. The van der Waals surface area contributed by atoms with E-state index in [0.717, 1.165) is 22.4 Å². The van der Waals surface area contributed by atoms with Crippen LogP contribution in [0.3, 0.4) is 0 Å². The molecular formula is C25H20BrFN2O3S. The molecule has 1 aliphatic heterocycles. The second-order valence-electron chi connectivity index (χ2n) is 7.27. The van der Waals surface area contributed by atoms with Crippen molar-refractivity contribution in [3.8, 4) is 11.5 Å². The van der Waals surface area contributed by atoms with Gasteiger partial charge in [-0.15, -0.1) is 0 Å². The molecule has 0 aliphatic carbocycles. The SMILES string of the molecule is COc1cc(/C=C2\SC(=Nc3ccc(C)cc3)NC2=O)cc(Br)c1OCc1ccc(F)cc1. The number of halogens is 2. The molecule has 0 radical (unpaired) electrons. The number of amidine groups is 1. The number of carbonyl (C=O) groups is 1. The summed E-state index contributed by atoms with van der Waals surface area (Å²) in [6.07, 6.45) is 1.77. The van der Waals surface area contributed by atoms with Crippen LogP contribution in [0.1, 0.15) is 16.7 Å². The van der Waals surface area contributed by atoms with E-state index >= 15 is 0 Å². The van der Waals surface area contributed by atoms with Gasteiger partial charge in [0, 0.05) is 0 Å².